The number of allylic oxidation sites excluding steroid dienone is 3. The standard InChI is InChI=1S/C17H20N6O/c24-12-11-23(17-20-9-10-21-17)22(13-15-5-1-3-7-18-15)14-16-6-2-4-8-19-16/h1-8,13-14,18,24H,9-12H2/b15-13-,22-14-. The Labute approximate surface area is 141 Å². The zero-order valence-electron chi connectivity index (χ0n) is 13.3. The highest BCUT2D eigenvalue weighted by molar-refractivity contribution is 5.93. The van der Waals surface area contributed by atoms with Crippen molar-refractivity contribution in [3.63, 3.8) is 0 Å². The molecule has 24 heavy (non-hydrogen) atoms. The van der Waals surface area contributed by atoms with Crippen molar-refractivity contribution in [1.29, 1.82) is 0 Å². The molecule has 0 fully saturated rings. The SMILES string of the molecule is OCCN(C1=NCC[N-]1)[N+](/C=C1/C=CC=CN1)=C\c1ccccn1. The number of hydrogen-bond donors (Lipinski definition) is 2. The number of hydrazone groups is 1. The van der Waals surface area contributed by atoms with Crippen LogP contribution in [0, 0.1) is 0 Å². The first kappa shape index (κ1) is 15.9. The number of nitrogens with zero attached hydrogens (tertiary/aromatic N) is 5. The maximum Gasteiger partial charge on any atom is 0.213 e. The number of aromatic nitrogens is 1. The van der Waals surface area contributed by atoms with Gasteiger partial charge in [0, 0.05) is 12.4 Å². The highest BCUT2D eigenvalue weighted by Crippen LogP contribution is 2.10. The number of guanidine groups is 1. The third kappa shape index (κ3) is 4.08. The molecule has 0 amide bonds. The van der Waals surface area contributed by atoms with Crippen molar-refractivity contribution < 1.29 is 9.79 Å². The highest BCUT2D eigenvalue weighted by atomic mass is 16.3. The van der Waals surface area contributed by atoms with Crippen LogP contribution in [0.15, 0.2) is 65.7 Å². The van der Waals surface area contributed by atoms with Gasteiger partial charge in [-0.25, -0.2) is 5.01 Å². The van der Waals surface area contributed by atoms with Crippen LogP contribution in [-0.4, -0.2) is 58.2 Å². The van der Waals surface area contributed by atoms with Crippen LogP contribution in [0.25, 0.3) is 5.32 Å². The molecule has 124 valence electrons. The molecular formula is C17H20N6O. The second-order valence-corrected chi connectivity index (χ2v) is 5.12. The van der Waals surface area contributed by atoms with Gasteiger partial charge in [-0.05, 0) is 37.4 Å². The summed E-state index contributed by atoms with van der Waals surface area (Å²) in [6.45, 7) is 1.72. The van der Waals surface area contributed by atoms with Gasteiger partial charge in [0.25, 0.3) is 0 Å². The number of aliphatic hydroxyl groups excluding tert-OH is 1. The summed E-state index contributed by atoms with van der Waals surface area (Å²) in [7, 11) is 0. The fourth-order valence-electron chi connectivity index (χ4n) is 2.32. The van der Waals surface area contributed by atoms with Crippen LogP contribution in [0.4, 0.5) is 0 Å². The van der Waals surface area contributed by atoms with Crippen molar-refractivity contribution >= 4 is 12.2 Å². The van der Waals surface area contributed by atoms with Gasteiger partial charge in [0.15, 0.2) is 0 Å². The van der Waals surface area contributed by atoms with Crippen LogP contribution >= 0.6 is 0 Å². The lowest BCUT2D eigenvalue weighted by Crippen LogP contribution is -2.40. The lowest BCUT2D eigenvalue weighted by Gasteiger charge is -2.25. The van der Waals surface area contributed by atoms with E-state index in [1.807, 2.05) is 64.7 Å². The first-order valence-corrected chi connectivity index (χ1v) is 7.83. The molecule has 0 atom stereocenters. The van der Waals surface area contributed by atoms with Gasteiger partial charge >= 0.3 is 0 Å². The Hall–Kier alpha value is -2.93. The van der Waals surface area contributed by atoms with Crippen molar-refractivity contribution in [2.75, 3.05) is 26.2 Å². The van der Waals surface area contributed by atoms with E-state index >= 15 is 0 Å². The largest absolute Gasteiger partial charge is 0.396 e. The summed E-state index contributed by atoms with van der Waals surface area (Å²) in [4.78, 5) is 8.75. The number of aliphatic imine (C=N–C) groups is 1. The minimum Gasteiger partial charge on any atom is -0.396 e. The fourth-order valence-corrected chi connectivity index (χ4v) is 2.32. The van der Waals surface area contributed by atoms with Gasteiger partial charge < -0.3 is 20.7 Å². The zero-order valence-corrected chi connectivity index (χ0v) is 13.3. The zero-order chi connectivity index (χ0) is 16.6. The van der Waals surface area contributed by atoms with Gasteiger partial charge in [-0.2, -0.15) is 0 Å². The minimum atomic E-state index is -0.00651. The first-order chi connectivity index (χ1) is 11.9. The number of aliphatic hydroxyl groups is 1. The summed E-state index contributed by atoms with van der Waals surface area (Å²) >= 11 is 0. The van der Waals surface area contributed by atoms with E-state index in [0.717, 1.165) is 11.4 Å². The summed E-state index contributed by atoms with van der Waals surface area (Å²) in [5, 5.41) is 18.9. The molecule has 2 N–H and O–H groups in total. The van der Waals surface area contributed by atoms with Crippen molar-refractivity contribution in [3.8, 4) is 0 Å². The Morgan fingerprint density at radius 1 is 1.38 bits per heavy atom. The third-order valence-corrected chi connectivity index (χ3v) is 3.38. The highest BCUT2D eigenvalue weighted by Gasteiger charge is 2.17. The quantitative estimate of drug-likeness (QED) is 0.481. The lowest BCUT2D eigenvalue weighted by molar-refractivity contribution is -0.606. The van der Waals surface area contributed by atoms with Gasteiger partial charge in [0.05, 0.1) is 19.1 Å². The Kier molecular flexibility index (Phi) is 5.36. The van der Waals surface area contributed by atoms with E-state index in [1.54, 1.807) is 6.20 Å². The molecule has 0 spiro atoms. The molecule has 0 saturated heterocycles. The lowest BCUT2D eigenvalue weighted by atomic mass is 10.3. The topological polar surface area (TPSA) is 77.9 Å². The van der Waals surface area contributed by atoms with E-state index in [0.29, 0.717) is 25.6 Å². The van der Waals surface area contributed by atoms with E-state index in [9.17, 15) is 5.11 Å². The second-order valence-electron chi connectivity index (χ2n) is 5.12. The van der Waals surface area contributed by atoms with Gasteiger partial charge in [0.2, 0.25) is 12.4 Å². The summed E-state index contributed by atoms with van der Waals surface area (Å²) in [5.74, 6) is 0.614. The van der Waals surface area contributed by atoms with E-state index in [-0.39, 0.29) is 6.61 Å². The number of pyridine rings is 1. The molecule has 3 rings (SSSR count). The Morgan fingerprint density at radius 3 is 3.00 bits per heavy atom. The van der Waals surface area contributed by atoms with E-state index in [1.165, 1.54) is 0 Å². The molecule has 1 aromatic heterocycles. The van der Waals surface area contributed by atoms with Crippen LogP contribution in [-0.2, 0) is 0 Å². The molecule has 3 heterocycles. The van der Waals surface area contributed by atoms with Crippen LogP contribution in [0.1, 0.15) is 5.69 Å². The average Bonchev–Trinajstić information content (AvgIpc) is 3.15. The number of dihydropyridines is 1. The summed E-state index contributed by atoms with van der Waals surface area (Å²) < 4.78 is 1.86. The molecule has 2 aliphatic heterocycles. The summed E-state index contributed by atoms with van der Waals surface area (Å²) in [6, 6.07) is 5.72. The molecule has 7 heteroatoms. The maximum absolute atomic E-state index is 9.46. The van der Waals surface area contributed by atoms with Gasteiger partial charge in [-0.3, -0.25) is 4.98 Å². The Bertz CT molecular complexity index is 705. The number of rotatable bonds is 5. The molecule has 0 aromatic carbocycles. The van der Waals surface area contributed by atoms with E-state index in [4.69, 9.17) is 0 Å². The van der Waals surface area contributed by atoms with Gasteiger partial charge in [0.1, 0.15) is 11.4 Å². The molecule has 0 unspecified atom stereocenters. The van der Waals surface area contributed by atoms with Gasteiger partial charge in [-0.1, -0.05) is 12.1 Å². The van der Waals surface area contributed by atoms with Crippen LogP contribution in [0.3, 0.4) is 0 Å². The summed E-state index contributed by atoms with van der Waals surface area (Å²) in [5.41, 5.74) is 1.71. The van der Waals surface area contributed by atoms with E-state index < -0.39 is 0 Å². The smallest absolute Gasteiger partial charge is 0.213 e. The van der Waals surface area contributed by atoms with Crippen molar-refractivity contribution in [1.82, 2.24) is 15.3 Å². The normalized spacial score (nSPS) is 18.3. The van der Waals surface area contributed by atoms with Crippen LogP contribution in [0.2, 0.25) is 0 Å². The van der Waals surface area contributed by atoms with Crippen LogP contribution < -0.4 is 5.32 Å². The molecular weight excluding hydrogens is 304 g/mol. The molecule has 0 bridgehead atoms. The molecule has 0 aliphatic carbocycles. The van der Waals surface area contributed by atoms with Crippen LogP contribution in [0.5, 0.6) is 0 Å². The Morgan fingerprint density at radius 2 is 2.33 bits per heavy atom. The predicted octanol–water partition coefficient (Wildman–Crippen LogP) is 0.980. The van der Waals surface area contributed by atoms with Gasteiger partial charge in [-0.15, -0.1) is 4.68 Å². The fraction of sp³-hybridized carbons (Fsp3) is 0.235. The minimum absolute atomic E-state index is 0.00651. The molecule has 0 saturated carbocycles. The van der Waals surface area contributed by atoms with E-state index in [2.05, 4.69) is 20.6 Å². The Balaban J connectivity index is 1.97. The maximum atomic E-state index is 9.46. The predicted molar refractivity (Wildman–Crippen MR) is 93.5 cm³/mol. The summed E-state index contributed by atoms with van der Waals surface area (Å²) in [6.07, 6.45) is 13.2. The third-order valence-electron chi connectivity index (χ3n) is 3.38. The average molecular weight is 324 g/mol. The second kappa shape index (κ2) is 8.07. The van der Waals surface area contributed by atoms with Crippen molar-refractivity contribution in [2.45, 2.75) is 0 Å². The number of nitrogens with one attached hydrogen (secondary N) is 1. The molecule has 2 aliphatic rings. The monoisotopic (exact) mass is 324 g/mol. The van der Waals surface area contributed by atoms with Crippen molar-refractivity contribution in [2.24, 2.45) is 4.99 Å². The number of hydrogen-bond acceptors (Lipinski definition) is 5. The molecule has 7 nitrogen and oxygen atoms in total. The molecule has 0 radical (unpaired) electrons. The first-order valence-electron chi connectivity index (χ1n) is 7.83. The molecule has 1 aromatic rings. The van der Waals surface area contributed by atoms with Crippen molar-refractivity contribution in [3.05, 3.63) is 71.7 Å². The number of hydrazine groups is 1.